The van der Waals surface area contributed by atoms with Crippen molar-refractivity contribution in [3.05, 3.63) is 81.2 Å². The number of ether oxygens (including phenoxy) is 3. The molecule has 0 unspecified atom stereocenters. The molecule has 9 nitrogen and oxygen atoms in total. The Hall–Kier alpha value is -4.73. The Kier molecular flexibility index (Phi) is 8.14. The first kappa shape index (κ1) is 29.3. The Morgan fingerprint density at radius 3 is 2.39 bits per heavy atom. The van der Waals surface area contributed by atoms with E-state index in [0.717, 1.165) is 11.8 Å². The summed E-state index contributed by atoms with van der Waals surface area (Å²) in [7, 11) is 4.74. The van der Waals surface area contributed by atoms with Gasteiger partial charge >= 0.3 is 0 Å². The van der Waals surface area contributed by atoms with E-state index in [4.69, 9.17) is 14.2 Å². The van der Waals surface area contributed by atoms with Crippen LogP contribution in [0.2, 0.25) is 0 Å². The molecule has 0 aliphatic heterocycles. The van der Waals surface area contributed by atoms with Gasteiger partial charge < -0.3 is 24.1 Å². The predicted octanol–water partition coefficient (Wildman–Crippen LogP) is 6.21. The maximum Gasteiger partial charge on any atom is 0.261 e. The first-order chi connectivity index (χ1) is 19.3. The minimum atomic E-state index is -0.726. The maximum absolute atomic E-state index is 15.2. The Bertz CT molecular complexity index is 1740. The van der Waals surface area contributed by atoms with E-state index in [1.165, 1.54) is 32.5 Å². The standard InChI is InChI=1S/C31H33FN4O5/c1-17-20(11-13-31(3,4)5)28(37)26(18(2)36(17)6)29(38)34-19-9-10-23(21(32)15-19)41-24-12-14-33-22-16-25(39-7)30(40-8)35-27(22)24/h9-16H,1-8H3,(H,34,38)/b13-11+. The van der Waals surface area contributed by atoms with Crippen LogP contribution in [0.5, 0.6) is 23.1 Å². The fraction of sp³-hybridized carbons (Fsp3) is 0.290. The summed E-state index contributed by atoms with van der Waals surface area (Å²) in [6, 6.07) is 7.20. The highest BCUT2D eigenvalue weighted by atomic mass is 19.1. The van der Waals surface area contributed by atoms with E-state index in [2.05, 4.69) is 15.3 Å². The number of nitrogens with zero attached hydrogens (tertiary/aromatic N) is 3. The van der Waals surface area contributed by atoms with Gasteiger partial charge in [0.2, 0.25) is 5.43 Å². The molecule has 0 bridgehead atoms. The van der Waals surface area contributed by atoms with Crippen LogP contribution < -0.4 is 25.0 Å². The van der Waals surface area contributed by atoms with Crippen LogP contribution >= 0.6 is 0 Å². The first-order valence-corrected chi connectivity index (χ1v) is 12.9. The lowest BCUT2D eigenvalue weighted by Crippen LogP contribution is -2.28. The lowest BCUT2D eigenvalue weighted by molar-refractivity contribution is 0.102. The summed E-state index contributed by atoms with van der Waals surface area (Å²) in [6.45, 7) is 9.61. The van der Waals surface area contributed by atoms with Gasteiger partial charge in [-0.05, 0) is 31.4 Å². The zero-order valence-electron chi connectivity index (χ0n) is 24.4. The minimum absolute atomic E-state index is 0.00824. The molecular weight excluding hydrogens is 527 g/mol. The number of nitrogens with one attached hydrogen (secondary N) is 1. The molecule has 1 amide bonds. The number of carbonyl (C=O) groups excluding carboxylic acids is 1. The van der Waals surface area contributed by atoms with Gasteiger partial charge in [0.05, 0.1) is 19.7 Å². The van der Waals surface area contributed by atoms with Gasteiger partial charge in [-0.15, -0.1) is 0 Å². The molecular formula is C31H33FN4O5. The monoisotopic (exact) mass is 560 g/mol. The first-order valence-electron chi connectivity index (χ1n) is 12.9. The van der Waals surface area contributed by atoms with E-state index in [1.807, 2.05) is 33.8 Å². The summed E-state index contributed by atoms with van der Waals surface area (Å²) in [6.07, 6.45) is 5.19. The topological polar surface area (TPSA) is 105 Å². The van der Waals surface area contributed by atoms with Gasteiger partial charge in [0.15, 0.2) is 23.1 Å². The average Bonchev–Trinajstić information content (AvgIpc) is 2.92. The second-order valence-electron chi connectivity index (χ2n) is 10.6. The molecule has 41 heavy (non-hydrogen) atoms. The van der Waals surface area contributed by atoms with Crippen molar-refractivity contribution in [3.63, 3.8) is 0 Å². The number of anilines is 1. The zero-order chi connectivity index (χ0) is 30.1. The Balaban J connectivity index is 1.63. The highest BCUT2D eigenvalue weighted by Crippen LogP contribution is 2.35. The van der Waals surface area contributed by atoms with Gasteiger partial charge in [0, 0.05) is 54.1 Å². The van der Waals surface area contributed by atoms with Gasteiger partial charge in [-0.2, -0.15) is 0 Å². The molecule has 0 radical (unpaired) electrons. The van der Waals surface area contributed by atoms with E-state index < -0.39 is 11.7 Å². The Morgan fingerprint density at radius 2 is 1.76 bits per heavy atom. The zero-order valence-corrected chi connectivity index (χ0v) is 24.4. The summed E-state index contributed by atoms with van der Waals surface area (Å²) in [5.41, 5.74) is 2.11. The van der Waals surface area contributed by atoms with Gasteiger partial charge in [-0.3, -0.25) is 14.6 Å². The number of benzene rings is 1. The van der Waals surface area contributed by atoms with Crippen LogP contribution in [0.3, 0.4) is 0 Å². The number of pyridine rings is 3. The molecule has 3 heterocycles. The molecule has 0 spiro atoms. The molecule has 0 fully saturated rings. The number of fused-ring (bicyclic) bond motifs is 1. The number of carbonyl (C=O) groups is 1. The Labute approximate surface area is 237 Å². The Morgan fingerprint density at radius 1 is 1.02 bits per heavy atom. The van der Waals surface area contributed by atoms with Crippen LogP contribution in [0, 0.1) is 25.1 Å². The highest BCUT2D eigenvalue weighted by Gasteiger charge is 2.21. The molecule has 3 aromatic heterocycles. The molecule has 0 atom stereocenters. The van der Waals surface area contributed by atoms with Crippen molar-refractivity contribution in [2.45, 2.75) is 34.6 Å². The summed E-state index contributed by atoms with van der Waals surface area (Å²) in [5.74, 6) is -0.578. The lowest BCUT2D eigenvalue weighted by Gasteiger charge is -2.17. The van der Waals surface area contributed by atoms with Crippen LogP contribution in [0.15, 0.2) is 47.4 Å². The third-order valence-electron chi connectivity index (χ3n) is 6.64. The molecule has 214 valence electrons. The number of amides is 1. The van der Waals surface area contributed by atoms with E-state index in [9.17, 15) is 9.59 Å². The molecule has 4 rings (SSSR count). The van der Waals surface area contributed by atoms with Crippen LogP contribution in [0.4, 0.5) is 10.1 Å². The molecule has 10 heteroatoms. The van der Waals surface area contributed by atoms with Crippen molar-refractivity contribution in [2.24, 2.45) is 12.5 Å². The number of methoxy groups -OCH3 is 2. The summed E-state index contributed by atoms with van der Waals surface area (Å²) in [5, 5.41) is 2.65. The van der Waals surface area contributed by atoms with E-state index in [0.29, 0.717) is 28.0 Å². The molecule has 0 saturated carbocycles. The number of hydrogen-bond acceptors (Lipinski definition) is 7. The van der Waals surface area contributed by atoms with Gasteiger partial charge in [0.1, 0.15) is 11.1 Å². The lowest BCUT2D eigenvalue weighted by atomic mass is 9.94. The van der Waals surface area contributed by atoms with Gasteiger partial charge in [-0.1, -0.05) is 32.9 Å². The van der Waals surface area contributed by atoms with Gasteiger partial charge in [-0.25, -0.2) is 9.37 Å². The van der Waals surface area contributed by atoms with Crippen molar-refractivity contribution in [2.75, 3.05) is 19.5 Å². The second kappa shape index (κ2) is 11.4. The SMILES string of the molecule is COc1cc2nccc(Oc3ccc(NC(=O)c4c(C)n(C)c(C)c(/C=C/C(C)(C)C)c4=O)cc3F)c2nc1OC. The van der Waals surface area contributed by atoms with Gasteiger partial charge in [0.25, 0.3) is 11.8 Å². The fourth-order valence-electron chi connectivity index (χ4n) is 4.22. The van der Waals surface area contributed by atoms with Crippen molar-refractivity contribution >= 4 is 28.7 Å². The van der Waals surface area contributed by atoms with Crippen molar-refractivity contribution in [1.82, 2.24) is 14.5 Å². The van der Waals surface area contributed by atoms with Crippen molar-refractivity contribution in [3.8, 4) is 23.1 Å². The second-order valence-corrected chi connectivity index (χ2v) is 10.6. The summed E-state index contributed by atoms with van der Waals surface area (Å²) < 4.78 is 33.3. The smallest absolute Gasteiger partial charge is 0.261 e. The number of hydrogen-bond donors (Lipinski definition) is 1. The number of allylic oxidation sites excluding steroid dienone is 1. The number of halogens is 1. The predicted molar refractivity (Wildman–Crippen MR) is 157 cm³/mol. The maximum atomic E-state index is 15.2. The molecule has 0 saturated heterocycles. The van der Waals surface area contributed by atoms with Crippen LogP contribution in [0.1, 0.15) is 48.1 Å². The van der Waals surface area contributed by atoms with Crippen molar-refractivity contribution < 1.29 is 23.4 Å². The minimum Gasteiger partial charge on any atom is -0.491 e. The van der Waals surface area contributed by atoms with E-state index in [1.54, 1.807) is 36.7 Å². The van der Waals surface area contributed by atoms with Crippen LogP contribution in [-0.2, 0) is 7.05 Å². The van der Waals surface area contributed by atoms with Crippen molar-refractivity contribution in [1.29, 1.82) is 0 Å². The van der Waals surface area contributed by atoms with E-state index in [-0.39, 0.29) is 39.5 Å². The molecule has 1 aromatic carbocycles. The van der Waals surface area contributed by atoms with Crippen LogP contribution in [-0.4, -0.2) is 34.7 Å². The largest absolute Gasteiger partial charge is 0.491 e. The third-order valence-corrected chi connectivity index (χ3v) is 6.64. The number of aromatic nitrogens is 3. The molecule has 0 aliphatic rings. The molecule has 4 aromatic rings. The average molecular weight is 561 g/mol. The van der Waals surface area contributed by atoms with Crippen LogP contribution in [0.25, 0.3) is 17.1 Å². The number of rotatable bonds is 7. The summed E-state index contributed by atoms with van der Waals surface area (Å²) in [4.78, 5) is 35.3. The highest BCUT2D eigenvalue weighted by molar-refractivity contribution is 6.05. The molecule has 0 aliphatic carbocycles. The summed E-state index contributed by atoms with van der Waals surface area (Å²) >= 11 is 0. The molecule has 1 N–H and O–H groups in total. The normalized spacial score (nSPS) is 11.6. The quantitative estimate of drug-likeness (QED) is 0.287. The van der Waals surface area contributed by atoms with E-state index >= 15 is 4.39 Å². The third kappa shape index (κ3) is 6.06. The fourth-order valence-corrected chi connectivity index (χ4v) is 4.22.